The molecule has 108 valence electrons. The van der Waals surface area contributed by atoms with Crippen LogP contribution in [0.1, 0.15) is 24.8 Å². The van der Waals surface area contributed by atoms with Crippen LogP contribution in [0.3, 0.4) is 0 Å². The van der Waals surface area contributed by atoms with Crippen molar-refractivity contribution in [2.24, 2.45) is 5.92 Å². The van der Waals surface area contributed by atoms with E-state index in [0.717, 1.165) is 37.3 Å². The van der Waals surface area contributed by atoms with Crippen molar-refractivity contribution in [3.05, 3.63) is 11.8 Å². The van der Waals surface area contributed by atoms with E-state index in [1.165, 1.54) is 0 Å². The molecule has 2 aliphatic heterocycles. The molecule has 0 aromatic carbocycles. The van der Waals surface area contributed by atoms with Crippen LogP contribution in [0.15, 0.2) is 6.20 Å². The highest BCUT2D eigenvalue weighted by molar-refractivity contribution is 5.77. The van der Waals surface area contributed by atoms with Crippen molar-refractivity contribution in [1.29, 1.82) is 0 Å². The van der Waals surface area contributed by atoms with Crippen molar-refractivity contribution >= 4 is 17.7 Å². The summed E-state index contributed by atoms with van der Waals surface area (Å²) < 4.78 is 0. The first-order chi connectivity index (χ1) is 9.67. The smallest absolute Gasteiger partial charge is 0.224 e. The van der Waals surface area contributed by atoms with Gasteiger partial charge in [0.1, 0.15) is 5.82 Å². The fraction of sp³-hybridized carbons (Fsp3) is 0.643. The van der Waals surface area contributed by atoms with Crippen LogP contribution in [-0.4, -0.2) is 42.1 Å². The third-order valence-corrected chi connectivity index (χ3v) is 4.29. The van der Waals surface area contributed by atoms with Gasteiger partial charge in [-0.25, -0.2) is 4.98 Å². The number of nitrogens with one attached hydrogen (secondary N) is 2. The minimum Gasteiger partial charge on any atom is -0.357 e. The lowest BCUT2D eigenvalue weighted by Crippen LogP contribution is -2.54. The lowest BCUT2D eigenvalue weighted by molar-refractivity contribution is -0.124. The molecule has 0 radical (unpaired) electrons. The van der Waals surface area contributed by atoms with Gasteiger partial charge in [0, 0.05) is 44.4 Å². The second-order valence-corrected chi connectivity index (χ2v) is 5.66. The zero-order valence-electron chi connectivity index (χ0n) is 12.0. The minimum atomic E-state index is 0.204. The number of piperidine rings is 2. The van der Waals surface area contributed by atoms with Gasteiger partial charge < -0.3 is 15.5 Å². The van der Waals surface area contributed by atoms with Crippen LogP contribution in [0.2, 0.25) is 0 Å². The zero-order chi connectivity index (χ0) is 14.1. The fourth-order valence-corrected chi connectivity index (χ4v) is 3.18. The van der Waals surface area contributed by atoms with Crippen LogP contribution < -0.4 is 15.5 Å². The molecule has 3 rings (SSSR count). The number of hydrogen-bond acceptors (Lipinski definition) is 5. The standard InChI is InChI=1S/C14H21N5O/c1-9-7-16-14(15-2)18-13(9)19-6-5-11-10(8-19)3-4-12(20)17-11/h7,10-11H,3-6,8H2,1-2H3,(H,17,20)(H,15,16,18). The first kappa shape index (κ1) is 13.1. The molecule has 6 heteroatoms. The largest absolute Gasteiger partial charge is 0.357 e. The number of anilines is 2. The summed E-state index contributed by atoms with van der Waals surface area (Å²) in [5.74, 6) is 2.41. The molecule has 0 spiro atoms. The van der Waals surface area contributed by atoms with Crippen LogP contribution in [0.4, 0.5) is 11.8 Å². The SMILES string of the molecule is CNc1ncc(C)c(N2CCC3NC(=O)CCC3C2)n1. The number of carbonyl (C=O) groups is 1. The number of aromatic nitrogens is 2. The van der Waals surface area contributed by atoms with E-state index in [4.69, 9.17) is 0 Å². The predicted molar refractivity (Wildman–Crippen MR) is 77.8 cm³/mol. The van der Waals surface area contributed by atoms with Gasteiger partial charge in [-0.05, 0) is 25.7 Å². The topological polar surface area (TPSA) is 70.2 Å². The van der Waals surface area contributed by atoms with Gasteiger partial charge in [0.05, 0.1) is 0 Å². The van der Waals surface area contributed by atoms with Crippen LogP contribution in [0.25, 0.3) is 0 Å². The van der Waals surface area contributed by atoms with Gasteiger partial charge in [0.25, 0.3) is 0 Å². The molecule has 1 amide bonds. The fourth-order valence-electron chi connectivity index (χ4n) is 3.18. The Kier molecular flexibility index (Phi) is 3.46. The maximum absolute atomic E-state index is 11.5. The number of carbonyl (C=O) groups excluding carboxylic acids is 1. The van der Waals surface area contributed by atoms with Crippen LogP contribution >= 0.6 is 0 Å². The Balaban J connectivity index is 1.77. The van der Waals surface area contributed by atoms with Gasteiger partial charge in [0.2, 0.25) is 11.9 Å². The predicted octanol–water partition coefficient (Wildman–Crippen LogP) is 0.932. The van der Waals surface area contributed by atoms with E-state index in [0.29, 0.717) is 24.3 Å². The monoisotopic (exact) mass is 275 g/mol. The Bertz CT molecular complexity index is 518. The van der Waals surface area contributed by atoms with Crippen LogP contribution in [0.5, 0.6) is 0 Å². The lowest BCUT2D eigenvalue weighted by atomic mass is 9.85. The highest BCUT2D eigenvalue weighted by Gasteiger charge is 2.34. The van der Waals surface area contributed by atoms with Gasteiger partial charge >= 0.3 is 0 Å². The molecule has 0 bridgehead atoms. The molecule has 1 aromatic heterocycles. The van der Waals surface area contributed by atoms with Crippen LogP contribution in [-0.2, 0) is 4.79 Å². The molecule has 0 aliphatic carbocycles. The Hall–Kier alpha value is -1.85. The molecule has 2 N–H and O–H groups in total. The Labute approximate surface area is 119 Å². The highest BCUT2D eigenvalue weighted by atomic mass is 16.1. The molecule has 3 heterocycles. The first-order valence-corrected chi connectivity index (χ1v) is 7.23. The number of aryl methyl sites for hydroxylation is 1. The number of fused-ring (bicyclic) bond motifs is 1. The van der Waals surface area contributed by atoms with Gasteiger partial charge in [-0.1, -0.05) is 0 Å². The Morgan fingerprint density at radius 3 is 3.10 bits per heavy atom. The van der Waals surface area contributed by atoms with E-state index in [1.807, 2.05) is 20.2 Å². The van der Waals surface area contributed by atoms with Crippen molar-refractivity contribution in [3.8, 4) is 0 Å². The first-order valence-electron chi connectivity index (χ1n) is 7.23. The molecule has 20 heavy (non-hydrogen) atoms. The second kappa shape index (κ2) is 5.26. The summed E-state index contributed by atoms with van der Waals surface area (Å²) in [5.41, 5.74) is 1.10. The normalized spacial score (nSPS) is 25.9. The van der Waals surface area contributed by atoms with Crippen molar-refractivity contribution < 1.29 is 4.79 Å². The second-order valence-electron chi connectivity index (χ2n) is 5.66. The minimum absolute atomic E-state index is 0.204. The van der Waals surface area contributed by atoms with E-state index in [2.05, 4.69) is 25.5 Å². The van der Waals surface area contributed by atoms with Crippen LogP contribution in [0, 0.1) is 12.8 Å². The van der Waals surface area contributed by atoms with Gasteiger partial charge in [-0.15, -0.1) is 0 Å². The molecular weight excluding hydrogens is 254 g/mol. The third kappa shape index (κ3) is 2.42. The molecule has 1 aromatic rings. The summed E-state index contributed by atoms with van der Waals surface area (Å²) in [5, 5.41) is 6.11. The van der Waals surface area contributed by atoms with E-state index in [9.17, 15) is 4.79 Å². The van der Waals surface area contributed by atoms with E-state index in [-0.39, 0.29) is 5.91 Å². The van der Waals surface area contributed by atoms with E-state index in [1.54, 1.807) is 0 Å². The molecule has 6 nitrogen and oxygen atoms in total. The maximum atomic E-state index is 11.5. The van der Waals surface area contributed by atoms with Crippen molar-refractivity contribution in [3.63, 3.8) is 0 Å². The molecule has 2 unspecified atom stereocenters. The average molecular weight is 275 g/mol. The van der Waals surface area contributed by atoms with Gasteiger partial charge in [0.15, 0.2) is 0 Å². The van der Waals surface area contributed by atoms with Gasteiger partial charge in [-0.2, -0.15) is 4.98 Å². The van der Waals surface area contributed by atoms with Gasteiger partial charge in [-0.3, -0.25) is 4.79 Å². The summed E-state index contributed by atoms with van der Waals surface area (Å²) in [6.07, 6.45) is 4.49. The molecule has 2 aliphatic rings. The molecule has 2 atom stereocenters. The highest BCUT2D eigenvalue weighted by Crippen LogP contribution is 2.29. The Morgan fingerprint density at radius 2 is 2.30 bits per heavy atom. The van der Waals surface area contributed by atoms with Crippen molar-refractivity contribution in [2.75, 3.05) is 30.4 Å². The maximum Gasteiger partial charge on any atom is 0.224 e. The number of amides is 1. The summed E-state index contributed by atoms with van der Waals surface area (Å²) >= 11 is 0. The van der Waals surface area contributed by atoms with E-state index < -0.39 is 0 Å². The number of rotatable bonds is 2. The number of nitrogens with zero attached hydrogens (tertiary/aromatic N) is 3. The Morgan fingerprint density at radius 1 is 1.45 bits per heavy atom. The molecule has 0 saturated carbocycles. The van der Waals surface area contributed by atoms with E-state index >= 15 is 0 Å². The lowest BCUT2D eigenvalue weighted by Gasteiger charge is -2.42. The van der Waals surface area contributed by atoms with Crippen molar-refractivity contribution in [2.45, 2.75) is 32.2 Å². The molecular formula is C14H21N5O. The average Bonchev–Trinajstić information content (AvgIpc) is 2.47. The third-order valence-electron chi connectivity index (χ3n) is 4.29. The molecule has 2 fully saturated rings. The number of hydrogen-bond donors (Lipinski definition) is 2. The molecule has 2 saturated heterocycles. The van der Waals surface area contributed by atoms with Crippen molar-refractivity contribution in [1.82, 2.24) is 15.3 Å². The summed E-state index contributed by atoms with van der Waals surface area (Å²) in [7, 11) is 1.83. The summed E-state index contributed by atoms with van der Waals surface area (Å²) in [6.45, 7) is 3.94. The quantitative estimate of drug-likeness (QED) is 0.840. The zero-order valence-corrected chi connectivity index (χ0v) is 12.0. The summed E-state index contributed by atoms with van der Waals surface area (Å²) in [6, 6.07) is 0.346. The summed E-state index contributed by atoms with van der Waals surface area (Å²) in [4.78, 5) is 22.6.